The number of allylic oxidation sites excluding steroid dienone is 2. The summed E-state index contributed by atoms with van der Waals surface area (Å²) in [7, 11) is 1.90. The Morgan fingerprint density at radius 3 is 2.30 bits per heavy atom. The number of rotatable bonds is 4. The summed E-state index contributed by atoms with van der Waals surface area (Å²) in [6.07, 6.45) is 4.43. The van der Waals surface area contributed by atoms with E-state index in [4.69, 9.17) is 15.9 Å². The van der Waals surface area contributed by atoms with Gasteiger partial charge in [0.15, 0.2) is 0 Å². The number of anilines is 1. The number of hydrogen-bond donors (Lipinski definition) is 4. The molecule has 0 amide bonds. The van der Waals surface area contributed by atoms with Gasteiger partial charge in [0, 0.05) is 24.9 Å². The average Bonchev–Trinajstić information content (AvgIpc) is 2.55. The van der Waals surface area contributed by atoms with Crippen LogP contribution in [0.4, 0.5) is 5.69 Å². The van der Waals surface area contributed by atoms with Crippen molar-refractivity contribution in [3.05, 3.63) is 53.6 Å². The SMILES string of the molecule is CNc1ccc(CN)cc1.C[C@@]1(C(=O)O)C=CC=C(C(=O)O)C1. The van der Waals surface area contributed by atoms with Crippen molar-refractivity contribution < 1.29 is 19.8 Å². The molecule has 2 rings (SSSR count). The molecule has 1 aromatic carbocycles. The van der Waals surface area contributed by atoms with Crippen LogP contribution < -0.4 is 11.1 Å². The lowest BCUT2D eigenvalue weighted by molar-refractivity contribution is -0.145. The molecule has 1 atom stereocenters. The number of nitrogens with two attached hydrogens (primary N) is 1. The van der Waals surface area contributed by atoms with E-state index >= 15 is 0 Å². The first-order valence-electron chi connectivity index (χ1n) is 7.14. The number of benzene rings is 1. The van der Waals surface area contributed by atoms with Crippen LogP contribution in [0.25, 0.3) is 0 Å². The molecule has 0 aliphatic heterocycles. The highest BCUT2D eigenvalue weighted by Gasteiger charge is 2.34. The van der Waals surface area contributed by atoms with Crippen molar-refractivity contribution in [3.63, 3.8) is 0 Å². The number of hydrogen-bond acceptors (Lipinski definition) is 4. The molecule has 0 fully saturated rings. The van der Waals surface area contributed by atoms with Gasteiger partial charge in [0.1, 0.15) is 0 Å². The van der Waals surface area contributed by atoms with Crippen molar-refractivity contribution in [2.24, 2.45) is 11.1 Å². The van der Waals surface area contributed by atoms with E-state index in [1.165, 1.54) is 30.7 Å². The monoisotopic (exact) mass is 318 g/mol. The highest BCUT2D eigenvalue weighted by Crippen LogP contribution is 2.31. The lowest BCUT2D eigenvalue weighted by Crippen LogP contribution is -2.28. The maximum atomic E-state index is 10.8. The number of carboxylic acids is 2. The Morgan fingerprint density at radius 1 is 1.26 bits per heavy atom. The van der Waals surface area contributed by atoms with Gasteiger partial charge < -0.3 is 21.3 Å². The molecule has 0 spiro atoms. The second kappa shape index (κ2) is 8.14. The first-order chi connectivity index (χ1) is 10.8. The first kappa shape index (κ1) is 18.4. The van der Waals surface area contributed by atoms with Crippen molar-refractivity contribution in [2.45, 2.75) is 19.9 Å². The molecule has 0 radical (unpaired) electrons. The average molecular weight is 318 g/mol. The summed E-state index contributed by atoms with van der Waals surface area (Å²) < 4.78 is 0. The fourth-order valence-electron chi connectivity index (χ4n) is 1.99. The lowest BCUT2D eigenvalue weighted by Gasteiger charge is -2.23. The summed E-state index contributed by atoms with van der Waals surface area (Å²) >= 11 is 0. The topological polar surface area (TPSA) is 113 Å². The molecule has 0 bridgehead atoms. The number of nitrogens with one attached hydrogen (secondary N) is 1. The highest BCUT2D eigenvalue weighted by molar-refractivity contribution is 5.90. The number of carboxylic acid groups (broad SMARTS) is 2. The Morgan fingerprint density at radius 2 is 1.87 bits per heavy atom. The van der Waals surface area contributed by atoms with Crippen LogP contribution in [0.1, 0.15) is 18.9 Å². The standard InChI is InChI=1S/C9H10O4.C8H12N2/c1-9(8(12)13)4-2-3-6(5-9)7(10)11;1-10-8-4-2-7(6-9)3-5-8/h2-4H,5H2,1H3,(H,10,11)(H,12,13);2-5,10H,6,9H2,1H3/t9-;/m1./s1. The van der Waals surface area contributed by atoms with Gasteiger partial charge in [-0.3, -0.25) is 4.79 Å². The Hall–Kier alpha value is -2.60. The molecule has 5 N–H and O–H groups in total. The zero-order chi connectivity index (χ0) is 17.5. The van der Waals surface area contributed by atoms with Gasteiger partial charge in [0.2, 0.25) is 0 Å². The van der Waals surface area contributed by atoms with Gasteiger partial charge in [-0.2, -0.15) is 0 Å². The fourth-order valence-corrected chi connectivity index (χ4v) is 1.99. The maximum absolute atomic E-state index is 10.8. The van der Waals surface area contributed by atoms with Crippen LogP contribution >= 0.6 is 0 Å². The van der Waals surface area contributed by atoms with E-state index in [0.29, 0.717) is 6.54 Å². The van der Waals surface area contributed by atoms with Gasteiger partial charge in [0.25, 0.3) is 0 Å². The molecule has 6 nitrogen and oxygen atoms in total. The molecule has 0 saturated heterocycles. The van der Waals surface area contributed by atoms with E-state index < -0.39 is 17.4 Å². The van der Waals surface area contributed by atoms with Crippen LogP contribution in [0.2, 0.25) is 0 Å². The maximum Gasteiger partial charge on any atom is 0.331 e. The van der Waals surface area contributed by atoms with E-state index in [9.17, 15) is 9.59 Å². The van der Waals surface area contributed by atoms with Crippen molar-refractivity contribution in [2.75, 3.05) is 12.4 Å². The highest BCUT2D eigenvalue weighted by atomic mass is 16.4. The van der Waals surface area contributed by atoms with Crippen molar-refractivity contribution in [3.8, 4) is 0 Å². The van der Waals surface area contributed by atoms with Crippen LogP contribution in [-0.2, 0) is 16.1 Å². The van der Waals surface area contributed by atoms with Gasteiger partial charge in [-0.05, 0) is 31.0 Å². The predicted octanol–water partition coefficient (Wildman–Crippen LogP) is 2.24. The van der Waals surface area contributed by atoms with Crippen LogP contribution in [0.5, 0.6) is 0 Å². The zero-order valence-electron chi connectivity index (χ0n) is 13.2. The third kappa shape index (κ3) is 5.27. The Bertz CT molecular complexity index is 597. The Labute approximate surface area is 135 Å². The van der Waals surface area contributed by atoms with Crippen LogP contribution in [0.15, 0.2) is 48.1 Å². The molecule has 1 aliphatic rings. The minimum absolute atomic E-state index is 0.0359. The quantitative estimate of drug-likeness (QED) is 0.677. The van der Waals surface area contributed by atoms with Gasteiger partial charge in [-0.15, -0.1) is 0 Å². The molecule has 1 aliphatic carbocycles. The van der Waals surface area contributed by atoms with E-state index in [0.717, 1.165) is 5.69 Å². The molecule has 0 saturated carbocycles. The van der Waals surface area contributed by atoms with Crippen molar-refractivity contribution in [1.82, 2.24) is 0 Å². The van der Waals surface area contributed by atoms with Crippen molar-refractivity contribution >= 4 is 17.6 Å². The van der Waals surface area contributed by atoms with E-state index in [1.807, 2.05) is 31.3 Å². The smallest absolute Gasteiger partial charge is 0.331 e. The molecule has 6 heteroatoms. The van der Waals surface area contributed by atoms with E-state index in [2.05, 4.69) is 5.32 Å². The molecule has 1 aromatic rings. The van der Waals surface area contributed by atoms with Crippen LogP contribution in [0, 0.1) is 5.41 Å². The molecular formula is C17H22N2O4. The molecular weight excluding hydrogens is 296 g/mol. The van der Waals surface area contributed by atoms with E-state index in [-0.39, 0.29) is 12.0 Å². The number of carbonyl (C=O) groups is 2. The van der Waals surface area contributed by atoms with Crippen LogP contribution in [-0.4, -0.2) is 29.2 Å². The van der Waals surface area contributed by atoms with Gasteiger partial charge in [0.05, 0.1) is 5.41 Å². The minimum Gasteiger partial charge on any atom is -0.481 e. The third-order valence-electron chi connectivity index (χ3n) is 3.56. The minimum atomic E-state index is -1.08. The van der Waals surface area contributed by atoms with E-state index in [1.54, 1.807) is 0 Å². The predicted molar refractivity (Wildman–Crippen MR) is 89.1 cm³/mol. The second-order valence-electron chi connectivity index (χ2n) is 5.41. The summed E-state index contributed by atoms with van der Waals surface area (Å²) in [6.45, 7) is 2.12. The Balaban J connectivity index is 0.000000238. The summed E-state index contributed by atoms with van der Waals surface area (Å²) in [5, 5.41) is 20.5. The molecule has 124 valence electrons. The van der Waals surface area contributed by atoms with Gasteiger partial charge >= 0.3 is 11.9 Å². The third-order valence-corrected chi connectivity index (χ3v) is 3.56. The molecule has 23 heavy (non-hydrogen) atoms. The summed E-state index contributed by atoms with van der Waals surface area (Å²) in [6, 6.07) is 8.07. The lowest BCUT2D eigenvalue weighted by atomic mass is 9.80. The summed E-state index contributed by atoms with van der Waals surface area (Å²) in [4.78, 5) is 21.3. The first-order valence-corrected chi connectivity index (χ1v) is 7.14. The zero-order valence-corrected chi connectivity index (χ0v) is 13.2. The largest absolute Gasteiger partial charge is 0.481 e. The summed E-state index contributed by atoms with van der Waals surface area (Å²) in [5.41, 5.74) is 6.76. The molecule has 0 heterocycles. The fraction of sp³-hybridized carbons (Fsp3) is 0.294. The van der Waals surface area contributed by atoms with Crippen molar-refractivity contribution in [1.29, 1.82) is 0 Å². The van der Waals surface area contributed by atoms with Crippen LogP contribution in [0.3, 0.4) is 0 Å². The molecule has 0 aromatic heterocycles. The summed E-state index contributed by atoms with van der Waals surface area (Å²) in [5.74, 6) is -2.06. The normalized spacial score (nSPS) is 19.2. The second-order valence-corrected chi connectivity index (χ2v) is 5.41. The number of aliphatic carboxylic acids is 2. The van der Waals surface area contributed by atoms with Gasteiger partial charge in [-0.1, -0.05) is 30.4 Å². The Kier molecular flexibility index (Phi) is 6.53. The molecule has 0 unspecified atom stereocenters. The van der Waals surface area contributed by atoms with Gasteiger partial charge in [-0.25, -0.2) is 4.79 Å².